The van der Waals surface area contributed by atoms with Crippen molar-refractivity contribution < 1.29 is 19.1 Å². The first-order chi connectivity index (χ1) is 6.32. The number of Topliss-reactive ketones (excluding diaryl/α,β-unsaturated/α-hetero) is 1. The molecule has 14 heavy (non-hydrogen) atoms. The van der Waals surface area contributed by atoms with E-state index in [2.05, 4.69) is 0 Å². The zero-order valence-electron chi connectivity index (χ0n) is 8.33. The summed E-state index contributed by atoms with van der Waals surface area (Å²) in [5.74, 6) is -1.21. The molecule has 0 saturated carbocycles. The normalized spacial score (nSPS) is 11.4. The molecule has 0 fully saturated rings. The van der Waals surface area contributed by atoms with Gasteiger partial charge in [0.25, 0.3) is 0 Å². The van der Waals surface area contributed by atoms with Crippen molar-refractivity contribution in [1.82, 2.24) is 0 Å². The van der Waals surface area contributed by atoms with Gasteiger partial charge in [-0.1, -0.05) is 20.8 Å². The number of carbonyl (C=O) groups excluding carboxylic acids is 1. The summed E-state index contributed by atoms with van der Waals surface area (Å²) in [6.45, 7) is 5.24. The molecular formula is C10H12O4. The lowest BCUT2D eigenvalue weighted by Crippen LogP contribution is -2.19. The van der Waals surface area contributed by atoms with Crippen molar-refractivity contribution >= 4 is 11.8 Å². The summed E-state index contributed by atoms with van der Waals surface area (Å²) >= 11 is 0. The van der Waals surface area contributed by atoms with Crippen molar-refractivity contribution in [1.29, 1.82) is 0 Å². The molecule has 0 atom stereocenters. The van der Waals surface area contributed by atoms with Gasteiger partial charge in [-0.25, -0.2) is 4.79 Å². The van der Waals surface area contributed by atoms with Gasteiger partial charge >= 0.3 is 5.97 Å². The third-order valence-corrected chi connectivity index (χ3v) is 1.75. The van der Waals surface area contributed by atoms with Gasteiger partial charge in [0, 0.05) is 11.5 Å². The second-order valence-corrected chi connectivity index (χ2v) is 4.08. The van der Waals surface area contributed by atoms with Crippen LogP contribution in [0.3, 0.4) is 0 Å². The van der Waals surface area contributed by atoms with E-state index in [0.29, 0.717) is 0 Å². The minimum Gasteiger partial charge on any atom is -0.478 e. The molecule has 0 aromatic carbocycles. The first-order valence-electron chi connectivity index (χ1n) is 4.19. The molecule has 0 aliphatic rings. The molecule has 1 aromatic heterocycles. The highest BCUT2D eigenvalue weighted by atomic mass is 16.4. The van der Waals surface area contributed by atoms with Gasteiger partial charge in [-0.05, 0) is 0 Å². The number of hydrogen-bond donors (Lipinski definition) is 1. The molecule has 0 bridgehead atoms. The molecular weight excluding hydrogens is 184 g/mol. The van der Waals surface area contributed by atoms with Gasteiger partial charge in [-0.2, -0.15) is 0 Å². The van der Waals surface area contributed by atoms with Gasteiger partial charge in [-0.3, -0.25) is 4.79 Å². The summed E-state index contributed by atoms with van der Waals surface area (Å²) in [5, 5.41) is 8.61. The lowest BCUT2D eigenvalue weighted by molar-refractivity contribution is 0.0695. The molecule has 0 unspecified atom stereocenters. The Balaban J connectivity index is 2.99. The number of carbonyl (C=O) groups is 2. The molecule has 1 N–H and O–H groups in total. The maximum absolute atomic E-state index is 11.6. The van der Waals surface area contributed by atoms with E-state index in [1.54, 1.807) is 20.8 Å². The monoisotopic (exact) mass is 196 g/mol. The average Bonchev–Trinajstić information content (AvgIpc) is 2.48. The first-order valence-corrected chi connectivity index (χ1v) is 4.19. The van der Waals surface area contributed by atoms with Crippen LogP contribution in [0.1, 0.15) is 41.7 Å². The Morgan fingerprint density at radius 1 is 1.36 bits per heavy atom. The Bertz CT molecular complexity index is 368. The predicted octanol–water partition coefficient (Wildman–Crippen LogP) is 2.21. The summed E-state index contributed by atoms with van der Waals surface area (Å²) in [6.07, 6.45) is 1.07. The Hall–Kier alpha value is -1.58. The van der Waals surface area contributed by atoms with Crippen LogP contribution in [0.5, 0.6) is 0 Å². The molecule has 76 valence electrons. The predicted molar refractivity (Wildman–Crippen MR) is 49.5 cm³/mol. The Kier molecular flexibility index (Phi) is 2.47. The minimum atomic E-state index is -1.10. The number of carboxylic acids is 1. The number of aromatic carboxylic acids is 1. The summed E-state index contributed by atoms with van der Waals surface area (Å²) in [4.78, 5) is 22.1. The number of furan rings is 1. The van der Waals surface area contributed by atoms with Crippen LogP contribution in [0.15, 0.2) is 16.7 Å². The highest BCUT2D eigenvalue weighted by Gasteiger charge is 2.26. The molecule has 0 aliphatic carbocycles. The van der Waals surface area contributed by atoms with E-state index in [0.717, 1.165) is 6.26 Å². The summed E-state index contributed by atoms with van der Waals surface area (Å²) in [5.41, 5.74) is -0.564. The van der Waals surface area contributed by atoms with Crippen molar-refractivity contribution in [2.24, 2.45) is 5.41 Å². The molecule has 1 aromatic rings. The van der Waals surface area contributed by atoms with Gasteiger partial charge in [0.1, 0.15) is 6.26 Å². The highest BCUT2D eigenvalue weighted by Crippen LogP contribution is 2.22. The molecule has 1 heterocycles. The van der Waals surface area contributed by atoms with Crippen molar-refractivity contribution in [3.05, 3.63) is 23.7 Å². The first kappa shape index (κ1) is 10.5. The Labute approximate surface area is 81.5 Å². The zero-order valence-corrected chi connectivity index (χ0v) is 8.33. The smallest absolute Gasteiger partial charge is 0.338 e. The lowest BCUT2D eigenvalue weighted by atomic mass is 9.89. The van der Waals surface area contributed by atoms with E-state index in [4.69, 9.17) is 9.52 Å². The second-order valence-electron chi connectivity index (χ2n) is 4.08. The number of ketones is 1. The third-order valence-electron chi connectivity index (χ3n) is 1.75. The molecule has 0 spiro atoms. The number of carboxylic acid groups (broad SMARTS) is 1. The SMILES string of the molecule is CC(C)(C)C(=O)c1cc(C(=O)O)co1. The van der Waals surface area contributed by atoms with Crippen LogP contribution in [-0.4, -0.2) is 16.9 Å². The van der Waals surface area contributed by atoms with E-state index < -0.39 is 11.4 Å². The fourth-order valence-corrected chi connectivity index (χ4v) is 0.937. The minimum absolute atomic E-state index is 0.00222. The molecule has 0 saturated heterocycles. The highest BCUT2D eigenvalue weighted by molar-refractivity contribution is 5.99. The fraction of sp³-hybridized carbons (Fsp3) is 0.400. The van der Waals surface area contributed by atoms with Crippen molar-refractivity contribution in [3.8, 4) is 0 Å². The maximum Gasteiger partial charge on any atom is 0.338 e. The van der Waals surface area contributed by atoms with Crippen LogP contribution < -0.4 is 0 Å². The molecule has 4 heteroatoms. The van der Waals surface area contributed by atoms with Crippen LogP contribution in [0.4, 0.5) is 0 Å². The van der Waals surface area contributed by atoms with Gasteiger partial charge in [0.15, 0.2) is 5.76 Å². The standard InChI is InChI=1S/C10H12O4/c1-10(2,3)8(11)7-4-6(5-14-7)9(12)13/h4-5H,1-3H3,(H,12,13). The van der Waals surface area contributed by atoms with Crippen LogP contribution in [0.2, 0.25) is 0 Å². The number of rotatable bonds is 2. The van der Waals surface area contributed by atoms with Crippen LogP contribution in [-0.2, 0) is 0 Å². The van der Waals surface area contributed by atoms with Gasteiger partial charge in [-0.15, -0.1) is 0 Å². The van der Waals surface area contributed by atoms with Crippen molar-refractivity contribution in [3.63, 3.8) is 0 Å². The quantitative estimate of drug-likeness (QED) is 0.736. The van der Waals surface area contributed by atoms with Gasteiger partial charge in [0.05, 0.1) is 5.56 Å². The molecule has 4 nitrogen and oxygen atoms in total. The van der Waals surface area contributed by atoms with Crippen LogP contribution >= 0.6 is 0 Å². The maximum atomic E-state index is 11.6. The van der Waals surface area contributed by atoms with E-state index >= 15 is 0 Å². The van der Waals surface area contributed by atoms with Crippen molar-refractivity contribution in [2.75, 3.05) is 0 Å². The Morgan fingerprint density at radius 2 is 1.93 bits per heavy atom. The fourth-order valence-electron chi connectivity index (χ4n) is 0.937. The summed E-state index contributed by atoms with van der Waals surface area (Å²) in [7, 11) is 0. The third kappa shape index (κ3) is 2.02. The molecule has 0 radical (unpaired) electrons. The lowest BCUT2D eigenvalue weighted by Gasteiger charge is -2.13. The largest absolute Gasteiger partial charge is 0.478 e. The van der Waals surface area contributed by atoms with Crippen molar-refractivity contribution in [2.45, 2.75) is 20.8 Å². The topological polar surface area (TPSA) is 67.5 Å². The van der Waals surface area contributed by atoms with Gasteiger partial charge < -0.3 is 9.52 Å². The average molecular weight is 196 g/mol. The van der Waals surface area contributed by atoms with Crippen LogP contribution in [0.25, 0.3) is 0 Å². The summed E-state index contributed by atoms with van der Waals surface area (Å²) < 4.78 is 4.88. The van der Waals surface area contributed by atoms with E-state index in [1.807, 2.05) is 0 Å². The van der Waals surface area contributed by atoms with E-state index in [1.165, 1.54) is 6.07 Å². The molecule has 0 aliphatic heterocycles. The van der Waals surface area contributed by atoms with E-state index in [9.17, 15) is 9.59 Å². The Morgan fingerprint density at radius 3 is 2.29 bits per heavy atom. The van der Waals surface area contributed by atoms with E-state index in [-0.39, 0.29) is 17.1 Å². The second kappa shape index (κ2) is 3.29. The molecule has 0 amide bonds. The summed E-state index contributed by atoms with van der Waals surface area (Å²) in [6, 6.07) is 1.25. The van der Waals surface area contributed by atoms with Gasteiger partial charge in [0.2, 0.25) is 5.78 Å². The van der Waals surface area contributed by atoms with Crippen LogP contribution in [0, 0.1) is 5.41 Å². The number of hydrogen-bond acceptors (Lipinski definition) is 3. The molecule has 1 rings (SSSR count). The zero-order chi connectivity index (χ0) is 10.9.